The third kappa shape index (κ3) is 5.95. The molecule has 5 aromatic carbocycles. The zero-order valence-corrected chi connectivity index (χ0v) is 25.1. The molecule has 1 atom stereocenters. The van der Waals surface area contributed by atoms with E-state index in [0.717, 1.165) is 27.8 Å². The minimum Gasteiger partial charge on any atom is -0.508 e. The minimum absolute atomic E-state index is 0.0274. The first kappa shape index (κ1) is 29.4. The second-order valence-electron chi connectivity index (χ2n) is 12.3. The van der Waals surface area contributed by atoms with Gasteiger partial charge in [0.2, 0.25) is 0 Å². The van der Waals surface area contributed by atoms with E-state index in [9.17, 15) is 24.9 Å². The smallest absolute Gasteiger partial charge is 0.326 e. The van der Waals surface area contributed by atoms with E-state index in [-0.39, 0.29) is 28.9 Å². The zero-order valence-electron chi connectivity index (χ0n) is 25.1. The molecule has 1 amide bonds. The Morgan fingerprint density at radius 2 is 1.60 bits per heavy atom. The molecule has 1 aromatic heterocycles. The molecule has 1 heterocycles. The van der Waals surface area contributed by atoms with Gasteiger partial charge in [-0.15, -0.1) is 0 Å². The number of fused-ring (bicyclic) bond motifs is 3. The maximum atomic E-state index is 13.2. The number of hydrogen-bond acceptors (Lipinski definition) is 5. The number of rotatable bonds is 7. The fourth-order valence-corrected chi connectivity index (χ4v) is 5.68. The first-order chi connectivity index (χ1) is 21.5. The molecule has 6 rings (SSSR count). The van der Waals surface area contributed by atoms with E-state index >= 15 is 0 Å². The van der Waals surface area contributed by atoms with Crippen LogP contribution in [0.25, 0.3) is 44.3 Å². The van der Waals surface area contributed by atoms with Crippen molar-refractivity contribution in [1.29, 1.82) is 0 Å². The van der Waals surface area contributed by atoms with Gasteiger partial charge in [0, 0.05) is 17.5 Å². The summed E-state index contributed by atoms with van der Waals surface area (Å²) in [7, 11) is 0. The third-order valence-electron chi connectivity index (χ3n) is 7.98. The van der Waals surface area contributed by atoms with E-state index in [1.54, 1.807) is 24.3 Å². The highest BCUT2D eigenvalue weighted by atomic mass is 16.4. The first-order valence-corrected chi connectivity index (χ1v) is 14.7. The average molecular weight is 600 g/mol. The second kappa shape index (κ2) is 11.5. The molecule has 8 nitrogen and oxygen atoms in total. The van der Waals surface area contributed by atoms with Crippen LogP contribution in [0.2, 0.25) is 0 Å². The summed E-state index contributed by atoms with van der Waals surface area (Å²) in [4.78, 5) is 33.5. The summed E-state index contributed by atoms with van der Waals surface area (Å²) in [5.41, 5.74) is 6.13. The van der Waals surface area contributed by atoms with Gasteiger partial charge in [0.15, 0.2) is 0 Å². The van der Waals surface area contributed by atoms with Gasteiger partial charge in [0.1, 0.15) is 28.9 Å². The van der Waals surface area contributed by atoms with E-state index < -0.39 is 17.9 Å². The highest BCUT2D eigenvalue weighted by Crippen LogP contribution is 2.38. The van der Waals surface area contributed by atoms with Crippen LogP contribution < -0.4 is 5.32 Å². The zero-order chi connectivity index (χ0) is 31.9. The number of nitrogens with one attached hydrogen (secondary N) is 2. The van der Waals surface area contributed by atoms with E-state index in [1.165, 1.54) is 18.2 Å². The highest BCUT2D eigenvalue weighted by Gasteiger charge is 2.24. The number of aromatic amines is 1. The van der Waals surface area contributed by atoms with E-state index in [4.69, 9.17) is 4.98 Å². The maximum Gasteiger partial charge on any atom is 0.326 e. The molecule has 0 aliphatic carbocycles. The number of phenols is 2. The molecular formula is C37H33N3O5. The Labute approximate surface area is 260 Å². The van der Waals surface area contributed by atoms with Gasteiger partial charge in [-0.25, -0.2) is 9.78 Å². The number of carboxylic acid groups (broad SMARTS) is 1. The Balaban J connectivity index is 1.37. The molecule has 1 unspecified atom stereocenters. The van der Waals surface area contributed by atoms with Gasteiger partial charge in [-0.1, -0.05) is 81.4 Å². The monoisotopic (exact) mass is 599 g/mol. The summed E-state index contributed by atoms with van der Waals surface area (Å²) in [5.74, 6) is -1.23. The Bertz CT molecular complexity index is 2060. The molecule has 0 radical (unpaired) electrons. The second-order valence-corrected chi connectivity index (χ2v) is 12.3. The van der Waals surface area contributed by atoms with E-state index in [0.29, 0.717) is 27.7 Å². The molecule has 0 saturated carbocycles. The number of imidazole rings is 1. The van der Waals surface area contributed by atoms with Crippen molar-refractivity contribution in [2.45, 2.75) is 38.6 Å². The van der Waals surface area contributed by atoms with Gasteiger partial charge < -0.3 is 25.6 Å². The van der Waals surface area contributed by atoms with E-state index in [2.05, 4.69) is 61.4 Å². The lowest BCUT2D eigenvalue weighted by molar-refractivity contribution is -0.139. The quantitative estimate of drug-likeness (QED) is 0.132. The Hall–Kier alpha value is -5.63. The van der Waals surface area contributed by atoms with Crippen LogP contribution in [-0.4, -0.2) is 43.2 Å². The number of carbonyl (C=O) groups is 2. The highest BCUT2D eigenvalue weighted by molar-refractivity contribution is 6.11. The van der Waals surface area contributed by atoms with Crippen molar-refractivity contribution in [2.24, 2.45) is 0 Å². The molecule has 5 N–H and O–H groups in total. The molecule has 226 valence electrons. The summed E-state index contributed by atoms with van der Waals surface area (Å²) in [6.07, 6.45) is 0.0274. The van der Waals surface area contributed by atoms with Crippen molar-refractivity contribution >= 4 is 33.7 Å². The van der Waals surface area contributed by atoms with Crippen LogP contribution in [-0.2, 0) is 16.6 Å². The predicted octanol–water partition coefficient (Wildman–Crippen LogP) is 7.18. The molecular weight excluding hydrogens is 566 g/mol. The van der Waals surface area contributed by atoms with Gasteiger partial charge >= 0.3 is 5.97 Å². The molecule has 0 saturated heterocycles. The predicted molar refractivity (Wildman–Crippen MR) is 176 cm³/mol. The van der Waals surface area contributed by atoms with Gasteiger partial charge in [0.25, 0.3) is 5.91 Å². The summed E-state index contributed by atoms with van der Waals surface area (Å²) < 4.78 is 0. The number of hydrogen-bond donors (Lipinski definition) is 5. The normalized spacial score (nSPS) is 12.3. The van der Waals surface area contributed by atoms with Crippen LogP contribution in [0.4, 0.5) is 0 Å². The van der Waals surface area contributed by atoms with Crippen LogP contribution >= 0.6 is 0 Å². The van der Waals surface area contributed by atoms with Crippen molar-refractivity contribution in [1.82, 2.24) is 15.3 Å². The summed E-state index contributed by atoms with van der Waals surface area (Å²) in [6, 6.07) is 28.1. The van der Waals surface area contributed by atoms with Crippen LogP contribution in [0.15, 0.2) is 97.1 Å². The number of carboxylic acids is 1. The minimum atomic E-state index is -1.21. The van der Waals surface area contributed by atoms with Gasteiger partial charge in [-0.05, 0) is 69.5 Å². The topological polar surface area (TPSA) is 136 Å². The summed E-state index contributed by atoms with van der Waals surface area (Å²) in [6.45, 7) is 6.47. The summed E-state index contributed by atoms with van der Waals surface area (Å²) in [5, 5.41) is 34.1. The van der Waals surface area contributed by atoms with Crippen LogP contribution in [0, 0.1) is 0 Å². The molecule has 0 aliphatic heterocycles. The Morgan fingerprint density at radius 3 is 2.29 bits per heavy atom. The number of aliphatic carboxylic acids is 1. The number of H-pyrrole nitrogens is 1. The lowest BCUT2D eigenvalue weighted by Gasteiger charge is -2.23. The standard InChI is InChI=1S/C37H33N3O5/c1-37(2,3)28-15-11-23(22-7-5-4-6-8-22)19-27(28)34-38-29-16-12-24-18-25(20-31(42)32(24)33(29)40-34)35(43)39-30(36(44)45)17-21-9-13-26(41)14-10-21/h4-16,18-20,30,41-42H,17H2,1-3H3,(H,38,40)(H,39,43)(H,44,45). The van der Waals surface area contributed by atoms with Gasteiger partial charge in [-0.2, -0.15) is 0 Å². The molecule has 8 heteroatoms. The number of benzene rings is 5. The fraction of sp³-hybridized carbons (Fsp3) is 0.162. The molecule has 0 aliphatic rings. The maximum absolute atomic E-state index is 13.2. The van der Waals surface area contributed by atoms with Crippen molar-refractivity contribution in [3.05, 3.63) is 114 Å². The fourth-order valence-electron chi connectivity index (χ4n) is 5.68. The Morgan fingerprint density at radius 1 is 0.867 bits per heavy atom. The van der Waals surface area contributed by atoms with Crippen LogP contribution in [0.3, 0.4) is 0 Å². The summed E-state index contributed by atoms with van der Waals surface area (Å²) >= 11 is 0. The number of amides is 1. The average Bonchev–Trinajstić information content (AvgIpc) is 3.45. The number of aromatic hydroxyl groups is 2. The van der Waals surface area contributed by atoms with Gasteiger partial charge in [0.05, 0.1) is 10.9 Å². The van der Waals surface area contributed by atoms with Crippen LogP contribution in [0.1, 0.15) is 42.3 Å². The lowest BCUT2D eigenvalue weighted by atomic mass is 9.82. The Kier molecular flexibility index (Phi) is 7.50. The van der Waals surface area contributed by atoms with Gasteiger partial charge in [-0.3, -0.25) is 4.79 Å². The SMILES string of the molecule is CC(C)(C)c1ccc(-c2ccccc2)cc1-c1nc2c(ccc3cc(C(=O)NC(Cc4ccc(O)cc4)C(=O)O)cc(O)c32)[nH]1. The van der Waals surface area contributed by atoms with Crippen molar-refractivity contribution in [3.8, 4) is 34.0 Å². The molecule has 0 spiro atoms. The number of nitrogens with zero attached hydrogens (tertiary/aromatic N) is 1. The molecule has 0 bridgehead atoms. The van der Waals surface area contributed by atoms with Crippen molar-refractivity contribution in [3.63, 3.8) is 0 Å². The largest absolute Gasteiger partial charge is 0.508 e. The van der Waals surface area contributed by atoms with Crippen molar-refractivity contribution in [2.75, 3.05) is 0 Å². The first-order valence-electron chi connectivity index (χ1n) is 14.7. The van der Waals surface area contributed by atoms with Crippen LogP contribution in [0.5, 0.6) is 11.5 Å². The van der Waals surface area contributed by atoms with E-state index in [1.807, 2.05) is 24.3 Å². The lowest BCUT2D eigenvalue weighted by Crippen LogP contribution is -2.42. The number of carbonyl (C=O) groups excluding carboxylic acids is 1. The molecule has 6 aromatic rings. The number of phenolic OH excluding ortho intramolecular Hbond substituents is 2. The number of aromatic nitrogens is 2. The third-order valence-corrected chi connectivity index (χ3v) is 7.98. The molecule has 45 heavy (non-hydrogen) atoms. The van der Waals surface area contributed by atoms with Crippen molar-refractivity contribution < 1.29 is 24.9 Å². The molecule has 0 fully saturated rings.